The molecule has 154 valence electrons. The smallest absolute Gasteiger partial charge is 0.267 e. The number of pyridine rings is 1. The van der Waals surface area contributed by atoms with Crippen molar-refractivity contribution in [1.29, 1.82) is 0 Å². The second kappa shape index (κ2) is 8.28. The Morgan fingerprint density at radius 2 is 1.80 bits per heavy atom. The lowest BCUT2D eigenvalue weighted by Gasteiger charge is -2.39. The van der Waals surface area contributed by atoms with E-state index in [1.165, 1.54) is 10.7 Å². The van der Waals surface area contributed by atoms with E-state index >= 15 is 0 Å². The first-order valence-electron chi connectivity index (χ1n) is 9.60. The number of halogens is 1. The number of benzene rings is 1. The Labute approximate surface area is 178 Å². The maximum Gasteiger partial charge on any atom is 0.267 e. The highest BCUT2D eigenvalue weighted by atomic mass is 35.5. The van der Waals surface area contributed by atoms with Crippen LogP contribution in [0.2, 0.25) is 5.02 Å². The lowest BCUT2D eigenvalue weighted by atomic mass is 10.1. The summed E-state index contributed by atoms with van der Waals surface area (Å²) in [6, 6.07) is 10.4. The Morgan fingerprint density at radius 1 is 1.13 bits per heavy atom. The lowest BCUT2D eigenvalue weighted by Crippen LogP contribution is -2.54. The number of likely N-dealkylation sites (tertiary alicyclic amines) is 1. The van der Waals surface area contributed by atoms with Crippen molar-refractivity contribution in [2.75, 3.05) is 19.7 Å². The van der Waals surface area contributed by atoms with Gasteiger partial charge in [0, 0.05) is 42.1 Å². The largest absolute Gasteiger partial charge is 0.484 e. The molecule has 3 aromatic rings. The number of carbonyl (C=O) groups is 1. The minimum absolute atomic E-state index is 0.0629. The summed E-state index contributed by atoms with van der Waals surface area (Å²) in [6.07, 6.45) is 3.36. The summed E-state index contributed by atoms with van der Waals surface area (Å²) in [6.45, 7) is 4.58. The molecule has 1 aliphatic heterocycles. The second-order valence-electron chi connectivity index (χ2n) is 7.35. The van der Waals surface area contributed by atoms with Crippen LogP contribution in [0.25, 0.3) is 11.3 Å². The average molecular weight is 425 g/mol. The van der Waals surface area contributed by atoms with E-state index in [-0.39, 0.29) is 24.1 Å². The molecule has 0 radical (unpaired) electrons. The normalized spacial score (nSPS) is 13.8. The first-order valence-corrected chi connectivity index (χ1v) is 9.98. The third kappa shape index (κ3) is 4.07. The molecule has 0 spiro atoms. The summed E-state index contributed by atoms with van der Waals surface area (Å²) in [4.78, 5) is 30.4. The second-order valence-corrected chi connectivity index (χ2v) is 7.73. The van der Waals surface area contributed by atoms with Gasteiger partial charge in [-0.05, 0) is 55.3 Å². The molecule has 0 unspecified atom stereocenters. The number of hydrogen-bond acceptors (Lipinski definition) is 5. The number of aromatic nitrogens is 3. The van der Waals surface area contributed by atoms with Crippen molar-refractivity contribution in [3.63, 3.8) is 0 Å². The van der Waals surface area contributed by atoms with E-state index in [2.05, 4.69) is 10.1 Å². The number of amides is 1. The fourth-order valence-electron chi connectivity index (χ4n) is 3.40. The van der Waals surface area contributed by atoms with Crippen molar-refractivity contribution >= 4 is 17.5 Å². The van der Waals surface area contributed by atoms with Gasteiger partial charge in [-0.25, -0.2) is 4.68 Å². The lowest BCUT2D eigenvalue weighted by molar-refractivity contribution is -0.139. The Hall–Kier alpha value is -3.19. The quantitative estimate of drug-likeness (QED) is 0.629. The summed E-state index contributed by atoms with van der Waals surface area (Å²) in [5.74, 6) is 0.484. The Balaban J connectivity index is 1.38. The fourth-order valence-corrected chi connectivity index (χ4v) is 3.51. The van der Waals surface area contributed by atoms with Gasteiger partial charge >= 0.3 is 0 Å². The highest BCUT2D eigenvalue weighted by Gasteiger charge is 2.33. The molecule has 1 saturated heterocycles. The van der Waals surface area contributed by atoms with Crippen LogP contribution in [0, 0.1) is 13.8 Å². The van der Waals surface area contributed by atoms with E-state index in [0.717, 1.165) is 16.7 Å². The van der Waals surface area contributed by atoms with E-state index < -0.39 is 0 Å². The molecule has 0 aliphatic carbocycles. The van der Waals surface area contributed by atoms with Gasteiger partial charge in [-0.15, -0.1) is 0 Å². The standard InChI is InChI=1S/C22H21ClN4O3/c1-14-9-18(10-15(2)22(14)23)30-13-21(29)26-11-17(12-26)27-20(28)4-3-19(25-27)16-5-7-24-8-6-16/h3-10,17H,11-13H2,1-2H3. The monoisotopic (exact) mass is 424 g/mol. The van der Waals surface area contributed by atoms with Crippen LogP contribution < -0.4 is 10.3 Å². The average Bonchev–Trinajstić information content (AvgIpc) is 2.71. The van der Waals surface area contributed by atoms with Crippen molar-refractivity contribution in [2.24, 2.45) is 0 Å². The number of carbonyl (C=O) groups excluding carboxylic acids is 1. The van der Waals surface area contributed by atoms with Gasteiger partial charge in [-0.2, -0.15) is 5.10 Å². The topological polar surface area (TPSA) is 77.3 Å². The predicted octanol–water partition coefficient (Wildman–Crippen LogP) is 3.04. The predicted molar refractivity (Wildman–Crippen MR) is 114 cm³/mol. The first-order chi connectivity index (χ1) is 14.4. The highest BCUT2D eigenvalue weighted by Crippen LogP contribution is 2.26. The van der Waals surface area contributed by atoms with E-state index in [0.29, 0.717) is 29.6 Å². The first kappa shape index (κ1) is 20.1. The van der Waals surface area contributed by atoms with E-state index in [1.54, 1.807) is 23.4 Å². The molecule has 0 N–H and O–H groups in total. The van der Waals surface area contributed by atoms with Gasteiger partial charge in [0.25, 0.3) is 11.5 Å². The number of hydrogen-bond donors (Lipinski definition) is 0. The summed E-state index contributed by atoms with van der Waals surface area (Å²) < 4.78 is 7.09. The SMILES string of the molecule is Cc1cc(OCC(=O)N2CC(n3nc(-c4ccncc4)ccc3=O)C2)cc(C)c1Cl. The molecule has 0 atom stereocenters. The molecule has 1 aromatic carbocycles. The Morgan fingerprint density at radius 3 is 2.47 bits per heavy atom. The number of nitrogens with zero attached hydrogens (tertiary/aromatic N) is 4. The molecule has 1 amide bonds. The van der Waals surface area contributed by atoms with Crippen molar-refractivity contribution in [3.8, 4) is 17.0 Å². The molecular formula is C22H21ClN4O3. The van der Waals surface area contributed by atoms with Crippen molar-refractivity contribution < 1.29 is 9.53 Å². The zero-order valence-corrected chi connectivity index (χ0v) is 17.5. The number of aryl methyl sites for hydroxylation is 2. The molecule has 3 heterocycles. The van der Waals surface area contributed by atoms with Crippen LogP contribution in [0.3, 0.4) is 0 Å². The minimum atomic E-state index is -0.187. The van der Waals surface area contributed by atoms with Crippen LogP contribution in [0.5, 0.6) is 5.75 Å². The molecule has 1 aliphatic rings. The molecule has 2 aromatic heterocycles. The van der Waals surface area contributed by atoms with Crippen molar-refractivity contribution in [2.45, 2.75) is 19.9 Å². The minimum Gasteiger partial charge on any atom is -0.484 e. The molecule has 8 heteroatoms. The maximum atomic E-state index is 12.4. The van der Waals surface area contributed by atoms with E-state index in [4.69, 9.17) is 16.3 Å². The van der Waals surface area contributed by atoms with Crippen LogP contribution in [0.1, 0.15) is 17.2 Å². The van der Waals surface area contributed by atoms with Gasteiger partial charge in [0.05, 0.1) is 11.7 Å². The van der Waals surface area contributed by atoms with Crippen molar-refractivity contribution in [1.82, 2.24) is 19.7 Å². The molecule has 30 heavy (non-hydrogen) atoms. The summed E-state index contributed by atoms with van der Waals surface area (Å²) >= 11 is 6.16. The summed E-state index contributed by atoms with van der Waals surface area (Å²) in [7, 11) is 0. The van der Waals surface area contributed by atoms with E-state index in [1.807, 2.05) is 38.1 Å². The highest BCUT2D eigenvalue weighted by molar-refractivity contribution is 6.32. The van der Waals surface area contributed by atoms with Crippen LogP contribution in [-0.4, -0.2) is 45.3 Å². The molecule has 0 saturated carbocycles. The van der Waals surface area contributed by atoms with Gasteiger partial charge < -0.3 is 9.64 Å². The van der Waals surface area contributed by atoms with Gasteiger partial charge in [-0.3, -0.25) is 14.6 Å². The number of rotatable bonds is 5. The zero-order chi connectivity index (χ0) is 21.3. The molecule has 1 fully saturated rings. The third-order valence-electron chi connectivity index (χ3n) is 5.13. The zero-order valence-electron chi connectivity index (χ0n) is 16.7. The van der Waals surface area contributed by atoms with Crippen LogP contribution in [-0.2, 0) is 4.79 Å². The number of ether oxygens (including phenoxy) is 1. The van der Waals surface area contributed by atoms with Crippen LogP contribution >= 0.6 is 11.6 Å². The van der Waals surface area contributed by atoms with Gasteiger partial charge in [0.1, 0.15) is 5.75 Å². The van der Waals surface area contributed by atoms with Crippen LogP contribution in [0.4, 0.5) is 0 Å². The molecule has 7 nitrogen and oxygen atoms in total. The van der Waals surface area contributed by atoms with Crippen LogP contribution in [0.15, 0.2) is 53.6 Å². The third-order valence-corrected chi connectivity index (χ3v) is 5.73. The summed E-state index contributed by atoms with van der Waals surface area (Å²) in [5, 5.41) is 5.17. The molecule has 4 rings (SSSR count). The molecular weight excluding hydrogens is 404 g/mol. The van der Waals surface area contributed by atoms with Gasteiger partial charge in [-0.1, -0.05) is 11.6 Å². The Kier molecular flexibility index (Phi) is 5.55. The Bertz CT molecular complexity index is 1120. The maximum absolute atomic E-state index is 12.4. The summed E-state index contributed by atoms with van der Waals surface area (Å²) in [5.41, 5.74) is 3.20. The van der Waals surface area contributed by atoms with Gasteiger partial charge in [0.15, 0.2) is 6.61 Å². The van der Waals surface area contributed by atoms with Gasteiger partial charge in [0.2, 0.25) is 0 Å². The molecule has 0 bridgehead atoms. The fraction of sp³-hybridized carbons (Fsp3) is 0.273. The van der Waals surface area contributed by atoms with E-state index in [9.17, 15) is 9.59 Å². The van der Waals surface area contributed by atoms with Crippen molar-refractivity contribution in [3.05, 3.63) is 75.3 Å².